The molecule has 0 aliphatic heterocycles. The Hall–Kier alpha value is 0.210. The van der Waals surface area contributed by atoms with Crippen LogP contribution in [0, 0.1) is 5.41 Å². The molecule has 0 N–H and O–H groups in total. The molecule has 0 bridgehead atoms. The van der Waals surface area contributed by atoms with Gasteiger partial charge in [0, 0.05) is 10.8 Å². The maximum Gasteiger partial charge on any atom is 0.143 e. The maximum absolute atomic E-state index is 5.86. The number of rotatable bonds is 3. The van der Waals surface area contributed by atoms with Crippen LogP contribution >= 0.6 is 34.5 Å². The van der Waals surface area contributed by atoms with E-state index >= 15 is 0 Å². The summed E-state index contributed by atoms with van der Waals surface area (Å²) in [7, 11) is 0. The van der Waals surface area contributed by atoms with E-state index in [1.165, 1.54) is 0 Å². The summed E-state index contributed by atoms with van der Waals surface area (Å²) >= 11 is 13.3. The van der Waals surface area contributed by atoms with Crippen molar-refractivity contribution in [3.05, 3.63) is 15.5 Å². The molecule has 1 aromatic rings. The molecule has 0 saturated heterocycles. The second kappa shape index (κ2) is 3.95. The predicted octanol–water partition coefficient (Wildman–Crippen LogP) is 3.60. The first-order valence-electron chi connectivity index (χ1n) is 3.69. The first-order valence-corrected chi connectivity index (χ1v) is 5.48. The zero-order valence-electron chi connectivity index (χ0n) is 7.10. The van der Waals surface area contributed by atoms with Crippen molar-refractivity contribution in [3.63, 3.8) is 0 Å². The molecule has 0 spiro atoms. The summed E-state index contributed by atoms with van der Waals surface area (Å²) in [5.74, 6) is 0.640. The highest BCUT2D eigenvalue weighted by atomic mass is 35.5. The summed E-state index contributed by atoms with van der Waals surface area (Å²) < 4.78 is 0. The summed E-state index contributed by atoms with van der Waals surface area (Å²) in [4.78, 5) is 5.10. The van der Waals surface area contributed by atoms with Gasteiger partial charge in [-0.25, -0.2) is 4.98 Å². The second-order valence-corrected chi connectivity index (χ2v) is 5.11. The predicted molar refractivity (Wildman–Crippen MR) is 55.3 cm³/mol. The Labute approximate surface area is 86.7 Å². The molecule has 0 radical (unpaired) electrons. The number of aromatic nitrogens is 1. The minimum Gasteiger partial charge on any atom is -0.233 e. The highest BCUT2D eigenvalue weighted by molar-refractivity contribution is 7.10. The number of hydrogen-bond acceptors (Lipinski definition) is 2. The largest absolute Gasteiger partial charge is 0.233 e. The van der Waals surface area contributed by atoms with E-state index in [0.29, 0.717) is 11.0 Å². The number of nitrogens with zero attached hydrogens (tertiary/aromatic N) is 1. The normalized spacial score (nSPS) is 12.0. The molecule has 12 heavy (non-hydrogen) atoms. The molecule has 4 heteroatoms. The van der Waals surface area contributed by atoms with E-state index in [0.717, 1.165) is 11.3 Å². The lowest BCUT2D eigenvalue weighted by atomic mass is 9.91. The van der Waals surface area contributed by atoms with Crippen LogP contribution in [0.5, 0.6) is 0 Å². The van der Waals surface area contributed by atoms with Crippen molar-refractivity contribution in [1.82, 2.24) is 4.98 Å². The van der Waals surface area contributed by atoms with Crippen molar-refractivity contribution in [2.45, 2.75) is 20.3 Å². The fourth-order valence-electron chi connectivity index (χ4n) is 0.853. The van der Waals surface area contributed by atoms with Crippen molar-refractivity contribution in [3.8, 4) is 0 Å². The number of hydrogen-bond donors (Lipinski definition) is 0. The molecule has 0 unspecified atom stereocenters. The van der Waals surface area contributed by atoms with Crippen LogP contribution in [0.25, 0.3) is 0 Å². The van der Waals surface area contributed by atoms with Crippen molar-refractivity contribution < 1.29 is 0 Å². The van der Waals surface area contributed by atoms with E-state index in [2.05, 4.69) is 18.8 Å². The van der Waals surface area contributed by atoms with E-state index in [1.54, 1.807) is 16.8 Å². The van der Waals surface area contributed by atoms with E-state index in [4.69, 9.17) is 23.2 Å². The second-order valence-electron chi connectivity index (χ2n) is 3.54. The van der Waals surface area contributed by atoms with Gasteiger partial charge in [-0.1, -0.05) is 25.4 Å². The average Bonchev–Trinajstić information content (AvgIpc) is 2.36. The molecule has 1 nitrogen and oxygen atoms in total. The van der Waals surface area contributed by atoms with Crippen LogP contribution in [0.3, 0.4) is 0 Å². The van der Waals surface area contributed by atoms with Gasteiger partial charge in [0.25, 0.3) is 0 Å². The molecular formula is C8H11Cl2NS. The lowest BCUT2D eigenvalue weighted by Crippen LogP contribution is -2.16. The molecule has 0 aliphatic carbocycles. The van der Waals surface area contributed by atoms with Crippen LogP contribution in [-0.2, 0) is 6.42 Å². The molecule has 1 rings (SSSR count). The Bertz CT molecular complexity index is 257. The number of alkyl halides is 1. The summed E-state index contributed by atoms with van der Waals surface area (Å²) in [6.45, 7) is 4.24. The van der Waals surface area contributed by atoms with Gasteiger partial charge in [-0.05, 0) is 11.8 Å². The van der Waals surface area contributed by atoms with Crippen LogP contribution in [0.1, 0.15) is 18.7 Å². The van der Waals surface area contributed by atoms with Crippen LogP contribution in [0.15, 0.2) is 5.51 Å². The molecule has 0 saturated carbocycles. The Morgan fingerprint density at radius 2 is 2.25 bits per heavy atom. The highest BCUT2D eigenvalue weighted by Crippen LogP contribution is 2.29. The van der Waals surface area contributed by atoms with Gasteiger partial charge < -0.3 is 0 Å². The third kappa shape index (κ3) is 2.61. The number of thiazole rings is 1. The molecule has 68 valence electrons. The van der Waals surface area contributed by atoms with E-state index in [-0.39, 0.29) is 5.41 Å². The molecule has 1 heterocycles. The van der Waals surface area contributed by atoms with E-state index in [9.17, 15) is 0 Å². The molecule has 0 amide bonds. The van der Waals surface area contributed by atoms with Gasteiger partial charge in [-0.2, -0.15) is 0 Å². The molecule has 0 fully saturated rings. The molecule has 0 aliphatic rings. The molecule has 1 aromatic heterocycles. The molecule has 0 atom stereocenters. The summed E-state index contributed by atoms with van der Waals surface area (Å²) in [6, 6.07) is 0. The average molecular weight is 224 g/mol. The molecular weight excluding hydrogens is 213 g/mol. The van der Waals surface area contributed by atoms with Gasteiger partial charge in [0.1, 0.15) is 5.15 Å². The Morgan fingerprint density at radius 3 is 2.67 bits per heavy atom. The third-order valence-corrected chi connectivity index (χ3v) is 3.59. The van der Waals surface area contributed by atoms with E-state index < -0.39 is 0 Å². The number of halogens is 2. The SMILES string of the molecule is CC(C)(CCl)Cc1scnc1Cl. The van der Waals surface area contributed by atoms with Gasteiger partial charge in [0.2, 0.25) is 0 Å². The van der Waals surface area contributed by atoms with Crippen LogP contribution < -0.4 is 0 Å². The first kappa shape index (κ1) is 10.3. The van der Waals surface area contributed by atoms with Crippen molar-refractivity contribution in [2.24, 2.45) is 5.41 Å². The summed E-state index contributed by atoms with van der Waals surface area (Å²) in [5, 5.41) is 0.623. The van der Waals surface area contributed by atoms with Gasteiger partial charge in [0.15, 0.2) is 0 Å². The Morgan fingerprint density at radius 1 is 1.58 bits per heavy atom. The summed E-state index contributed by atoms with van der Waals surface area (Å²) in [5.41, 5.74) is 1.87. The standard InChI is InChI=1S/C8H11Cl2NS/c1-8(2,4-9)3-6-7(10)11-5-12-6/h5H,3-4H2,1-2H3. The smallest absolute Gasteiger partial charge is 0.143 e. The maximum atomic E-state index is 5.86. The third-order valence-electron chi connectivity index (χ3n) is 1.59. The fourth-order valence-corrected chi connectivity index (χ4v) is 2.16. The minimum atomic E-state index is 0.109. The van der Waals surface area contributed by atoms with Crippen LogP contribution in [-0.4, -0.2) is 10.9 Å². The van der Waals surface area contributed by atoms with Gasteiger partial charge in [0.05, 0.1) is 5.51 Å². The zero-order valence-corrected chi connectivity index (χ0v) is 9.43. The quantitative estimate of drug-likeness (QED) is 0.715. The highest BCUT2D eigenvalue weighted by Gasteiger charge is 2.19. The van der Waals surface area contributed by atoms with Crippen LogP contribution in [0.4, 0.5) is 0 Å². The van der Waals surface area contributed by atoms with Gasteiger partial charge in [-0.15, -0.1) is 22.9 Å². The van der Waals surface area contributed by atoms with Crippen molar-refractivity contribution >= 4 is 34.5 Å². The van der Waals surface area contributed by atoms with Crippen molar-refractivity contribution in [1.29, 1.82) is 0 Å². The van der Waals surface area contributed by atoms with E-state index in [1.807, 2.05) is 0 Å². The van der Waals surface area contributed by atoms with Gasteiger partial charge >= 0.3 is 0 Å². The Kier molecular flexibility index (Phi) is 3.38. The Balaban J connectivity index is 2.70. The minimum absolute atomic E-state index is 0.109. The lowest BCUT2D eigenvalue weighted by molar-refractivity contribution is 0.421. The van der Waals surface area contributed by atoms with Crippen LogP contribution in [0.2, 0.25) is 5.15 Å². The first-order chi connectivity index (χ1) is 5.55. The van der Waals surface area contributed by atoms with Crippen molar-refractivity contribution in [2.75, 3.05) is 5.88 Å². The lowest BCUT2D eigenvalue weighted by Gasteiger charge is -2.19. The molecule has 0 aromatic carbocycles. The fraction of sp³-hybridized carbons (Fsp3) is 0.625. The van der Waals surface area contributed by atoms with Gasteiger partial charge in [-0.3, -0.25) is 0 Å². The topological polar surface area (TPSA) is 12.9 Å². The summed E-state index contributed by atoms with van der Waals surface area (Å²) in [6.07, 6.45) is 0.903. The zero-order chi connectivity index (χ0) is 9.19. The monoisotopic (exact) mass is 223 g/mol.